The first kappa shape index (κ1) is 22.0. The Kier molecular flexibility index (Phi) is 6.96. The van der Waals surface area contributed by atoms with E-state index in [0.717, 1.165) is 11.1 Å². The second-order valence-corrected chi connectivity index (χ2v) is 9.45. The molecule has 0 radical (unpaired) electrons. The molecule has 152 valence electrons. The lowest BCUT2D eigenvalue weighted by Gasteiger charge is -2.22. The van der Waals surface area contributed by atoms with Gasteiger partial charge in [0.1, 0.15) is 5.67 Å². The Morgan fingerprint density at radius 2 is 1.54 bits per heavy atom. The van der Waals surface area contributed by atoms with Crippen molar-refractivity contribution < 1.29 is 17.6 Å². The van der Waals surface area contributed by atoms with Crippen LogP contribution in [0.3, 0.4) is 0 Å². The molecule has 0 saturated heterocycles. The number of halogens is 1. The lowest BCUT2D eigenvalue weighted by atomic mass is 9.95. The van der Waals surface area contributed by atoms with E-state index in [1.807, 2.05) is 19.1 Å². The zero-order chi connectivity index (χ0) is 20.9. The van der Waals surface area contributed by atoms with Gasteiger partial charge in [0.15, 0.2) is 0 Å². The number of benzene rings is 2. The topological polar surface area (TPSA) is 75.3 Å². The summed E-state index contributed by atoms with van der Waals surface area (Å²) in [5, 5.41) is 2.13. The van der Waals surface area contributed by atoms with Gasteiger partial charge in [0.05, 0.1) is 5.25 Å². The Labute approximate surface area is 166 Å². The molecule has 0 aliphatic rings. The number of sulfonamides is 1. The normalized spacial score (nSPS) is 13.9. The third-order valence-corrected chi connectivity index (χ3v) is 6.32. The summed E-state index contributed by atoms with van der Waals surface area (Å²) < 4.78 is 41.0. The molecule has 0 bridgehead atoms. The molecular formula is C21H27FN2O3S. The Hall–Kier alpha value is -2.25. The van der Waals surface area contributed by atoms with Crippen LogP contribution in [0.2, 0.25) is 0 Å². The van der Waals surface area contributed by atoms with E-state index in [2.05, 4.69) is 10.0 Å². The molecule has 1 atom stereocenters. The summed E-state index contributed by atoms with van der Waals surface area (Å²) in [5.41, 5.74) is 0.922. The van der Waals surface area contributed by atoms with Crippen LogP contribution >= 0.6 is 0 Å². The van der Waals surface area contributed by atoms with Crippen LogP contribution in [0.4, 0.5) is 4.39 Å². The molecule has 2 aromatic carbocycles. The van der Waals surface area contributed by atoms with Gasteiger partial charge in [-0.1, -0.05) is 36.4 Å². The van der Waals surface area contributed by atoms with Gasteiger partial charge in [0.25, 0.3) is 5.91 Å². The smallest absolute Gasteiger partial charge is 0.251 e. The van der Waals surface area contributed by atoms with Crippen LogP contribution in [0, 0.1) is 0 Å². The summed E-state index contributed by atoms with van der Waals surface area (Å²) in [6, 6.07) is 14.0. The second-order valence-electron chi connectivity index (χ2n) is 7.13. The average molecular weight is 407 g/mol. The van der Waals surface area contributed by atoms with Crippen molar-refractivity contribution in [2.45, 2.75) is 38.6 Å². The predicted octanol–water partition coefficient (Wildman–Crippen LogP) is 3.62. The van der Waals surface area contributed by atoms with Gasteiger partial charge in [0.2, 0.25) is 10.0 Å². The largest absolute Gasteiger partial charge is 0.352 e. The summed E-state index contributed by atoms with van der Waals surface area (Å²) in [6.07, 6.45) is 0. The van der Waals surface area contributed by atoms with E-state index in [9.17, 15) is 17.6 Å². The molecule has 5 nitrogen and oxygen atoms in total. The first-order valence-electron chi connectivity index (χ1n) is 9.23. The number of nitrogens with one attached hydrogen (secondary N) is 2. The van der Waals surface area contributed by atoms with Crippen LogP contribution in [-0.4, -0.2) is 32.7 Å². The fraction of sp³-hybridized carbons (Fsp3) is 0.381. The Morgan fingerprint density at radius 1 is 1.04 bits per heavy atom. The summed E-state index contributed by atoms with van der Waals surface area (Å²) in [6.45, 7) is 6.55. The van der Waals surface area contributed by atoms with Gasteiger partial charge in [-0.3, -0.25) is 4.79 Å². The van der Waals surface area contributed by atoms with E-state index in [1.165, 1.54) is 6.92 Å². The van der Waals surface area contributed by atoms with E-state index in [0.29, 0.717) is 17.7 Å². The monoisotopic (exact) mass is 406 g/mol. The van der Waals surface area contributed by atoms with Crippen molar-refractivity contribution in [2.75, 3.05) is 13.1 Å². The number of alkyl halides is 1. The van der Waals surface area contributed by atoms with Crippen molar-refractivity contribution in [2.24, 2.45) is 0 Å². The minimum Gasteiger partial charge on any atom is -0.352 e. The predicted molar refractivity (Wildman–Crippen MR) is 110 cm³/mol. The molecule has 28 heavy (non-hydrogen) atoms. The molecule has 0 spiro atoms. The molecule has 0 aliphatic heterocycles. The van der Waals surface area contributed by atoms with Crippen LogP contribution in [-0.2, 0) is 15.7 Å². The number of carbonyl (C=O) groups is 1. The molecule has 7 heteroatoms. The number of hydrogen-bond donors (Lipinski definition) is 2. The average Bonchev–Trinajstić information content (AvgIpc) is 2.67. The van der Waals surface area contributed by atoms with Crippen molar-refractivity contribution in [1.29, 1.82) is 0 Å². The fourth-order valence-corrected chi connectivity index (χ4v) is 3.40. The first-order valence-corrected chi connectivity index (χ1v) is 10.8. The maximum atomic E-state index is 15.0. The molecule has 2 aromatic rings. The molecule has 2 N–H and O–H groups in total. The highest BCUT2D eigenvalue weighted by atomic mass is 32.2. The van der Waals surface area contributed by atoms with Gasteiger partial charge in [-0.15, -0.1) is 0 Å². The van der Waals surface area contributed by atoms with Gasteiger partial charge in [-0.25, -0.2) is 17.5 Å². The lowest BCUT2D eigenvalue weighted by molar-refractivity contribution is 0.0956. The molecule has 0 saturated carbocycles. The SMILES string of the molecule is CCNC(=O)c1ccc(-c2ccc(C(C)(F)CNS(=O)(=O)C(C)C)cc2)cc1. The second kappa shape index (κ2) is 8.84. The molecule has 0 heterocycles. The molecule has 0 aliphatic carbocycles. The first-order chi connectivity index (χ1) is 13.1. The third kappa shape index (κ3) is 5.39. The Balaban J connectivity index is 2.13. The zero-order valence-electron chi connectivity index (χ0n) is 16.6. The van der Waals surface area contributed by atoms with Gasteiger partial charge < -0.3 is 5.32 Å². The minimum atomic E-state index is -3.53. The number of carbonyl (C=O) groups excluding carboxylic acids is 1. The van der Waals surface area contributed by atoms with Gasteiger partial charge >= 0.3 is 0 Å². The van der Waals surface area contributed by atoms with Gasteiger partial charge in [-0.2, -0.15) is 0 Å². The summed E-state index contributed by atoms with van der Waals surface area (Å²) in [5.74, 6) is -0.124. The van der Waals surface area contributed by atoms with Crippen molar-refractivity contribution in [3.8, 4) is 11.1 Å². The minimum absolute atomic E-state index is 0.124. The van der Waals surface area contributed by atoms with Gasteiger partial charge in [-0.05, 0) is 56.5 Å². The highest BCUT2D eigenvalue weighted by Crippen LogP contribution is 2.28. The lowest BCUT2D eigenvalue weighted by Crippen LogP contribution is -2.39. The van der Waals surface area contributed by atoms with Crippen molar-refractivity contribution in [1.82, 2.24) is 10.0 Å². The maximum absolute atomic E-state index is 15.0. The van der Waals surface area contributed by atoms with Crippen molar-refractivity contribution in [3.05, 3.63) is 59.7 Å². The van der Waals surface area contributed by atoms with Gasteiger partial charge in [0, 0.05) is 18.7 Å². The Morgan fingerprint density at radius 3 is 2.00 bits per heavy atom. The molecule has 1 unspecified atom stereocenters. The van der Waals surface area contributed by atoms with E-state index in [-0.39, 0.29) is 12.5 Å². The molecule has 0 aromatic heterocycles. The van der Waals surface area contributed by atoms with Crippen LogP contribution in [0.15, 0.2) is 48.5 Å². The standard InChI is InChI=1S/C21H27FN2O3S/c1-5-23-20(25)18-8-6-16(7-9-18)17-10-12-19(13-11-17)21(4,22)14-24-28(26,27)15(2)3/h6-13,15,24H,5,14H2,1-4H3,(H,23,25). The van der Waals surface area contributed by atoms with Crippen molar-refractivity contribution >= 4 is 15.9 Å². The zero-order valence-corrected chi connectivity index (χ0v) is 17.4. The van der Waals surface area contributed by atoms with Crippen LogP contribution in [0.25, 0.3) is 11.1 Å². The van der Waals surface area contributed by atoms with Crippen molar-refractivity contribution in [3.63, 3.8) is 0 Å². The summed E-state index contributed by atoms with van der Waals surface area (Å²) in [4.78, 5) is 11.8. The van der Waals surface area contributed by atoms with E-state index in [4.69, 9.17) is 0 Å². The van der Waals surface area contributed by atoms with Crippen LogP contribution in [0.5, 0.6) is 0 Å². The van der Waals surface area contributed by atoms with E-state index in [1.54, 1.807) is 50.2 Å². The highest BCUT2D eigenvalue weighted by Gasteiger charge is 2.28. The van der Waals surface area contributed by atoms with E-state index >= 15 is 0 Å². The van der Waals surface area contributed by atoms with Crippen LogP contribution < -0.4 is 10.0 Å². The molecular weight excluding hydrogens is 379 g/mol. The molecule has 0 fully saturated rings. The molecule has 2 rings (SSSR count). The third-order valence-electron chi connectivity index (χ3n) is 4.53. The molecule has 1 amide bonds. The van der Waals surface area contributed by atoms with Crippen LogP contribution in [0.1, 0.15) is 43.6 Å². The quantitative estimate of drug-likeness (QED) is 0.703. The summed E-state index contributed by atoms with van der Waals surface area (Å²) >= 11 is 0. The number of hydrogen-bond acceptors (Lipinski definition) is 3. The Bertz CT molecular complexity index is 906. The summed E-state index contributed by atoms with van der Waals surface area (Å²) in [7, 11) is -3.53. The highest BCUT2D eigenvalue weighted by molar-refractivity contribution is 7.90. The number of rotatable bonds is 8. The fourth-order valence-electron chi connectivity index (χ4n) is 2.59. The maximum Gasteiger partial charge on any atom is 0.251 e. The number of amides is 1. The van der Waals surface area contributed by atoms with E-state index < -0.39 is 20.9 Å².